The van der Waals surface area contributed by atoms with E-state index in [0.29, 0.717) is 15.2 Å². The fourth-order valence-corrected chi connectivity index (χ4v) is 5.07. The molecule has 1 saturated heterocycles. The van der Waals surface area contributed by atoms with Gasteiger partial charge in [0.25, 0.3) is 0 Å². The molecule has 0 amide bonds. The van der Waals surface area contributed by atoms with E-state index in [4.69, 9.17) is 39.8 Å². The number of nitrogens with one attached hydrogen (secondary N) is 1. The second-order valence-corrected chi connectivity index (χ2v) is 9.52. The first kappa shape index (κ1) is 21.3. The maximum absolute atomic E-state index is 6.31. The van der Waals surface area contributed by atoms with Gasteiger partial charge in [0, 0.05) is 26.8 Å². The molecule has 160 valence electrons. The zero-order valence-electron chi connectivity index (χ0n) is 16.6. The normalized spacial score (nSPS) is 18.1. The third-order valence-electron chi connectivity index (χ3n) is 5.13. The molecule has 5 rings (SSSR count). The van der Waals surface area contributed by atoms with E-state index in [1.807, 2.05) is 78.9 Å². The maximum atomic E-state index is 6.31. The van der Waals surface area contributed by atoms with Gasteiger partial charge in [-0.05, 0) is 85.0 Å². The van der Waals surface area contributed by atoms with E-state index in [9.17, 15) is 0 Å². The van der Waals surface area contributed by atoms with E-state index in [0.717, 1.165) is 27.1 Å². The summed E-state index contributed by atoms with van der Waals surface area (Å²) in [4.78, 5) is 7.67. The number of furan rings is 1. The van der Waals surface area contributed by atoms with Crippen LogP contribution in [0.3, 0.4) is 0 Å². The Morgan fingerprint density at radius 2 is 1.62 bits per heavy atom. The molecule has 2 aromatic carbocycles. The van der Waals surface area contributed by atoms with Crippen LogP contribution in [0, 0.1) is 0 Å². The van der Waals surface area contributed by atoms with Crippen LogP contribution < -0.4 is 10.2 Å². The molecule has 0 bridgehead atoms. The van der Waals surface area contributed by atoms with Gasteiger partial charge < -0.3 is 14.6 Å². The topological polar surface area (TPSA) is 41.3 Å². The summed E-state index contributed by atoms with van der Waals surface area (Å²) < 4.78 is 6.31. The standard InChI is InChI=1S/C24H17Cl2N3OS2/c25-15-4-8-17(9-5-15)29-23(22(28-24(29)31)19-3-1-2-14-27-19)20-12-13-21(30-20)32-18-10-6-16(26)7-11-18/h1-14,22-23H,(H,28,31)/t22-,23-/m0/s1. The molecule has 1 aliphatic rings. The number of nitrogens with zero attached hydrogens (tertiary/aromatic N) is 2. The molecule has 1 N–H and O–H groups in total. The van der Waals surface area contributed by atoms with Crippen LogP contribution in [-0.2, 0) is 0 Å². The molecular formula is C24H17Cl2N3OS2. The number of pyridine rings is 1. The molecule has 4 aromatic rings. The highest BCUT2D eigenvalue weighted by molar-refractivity contribution is 7.99. The van der Waals surface area contributed by atoms with Crippen LogP contribution in [0.4, 0.5) is 5.69 Å². The van der Waals surface area contributed by atoms with Crippen LogP contribution in [0.1, 0.15) is 23.5 Å². The summed E-state index contributed by atoms with van der Waals surface area (Å²) in [6.45, 7) is 0. The van der Waals surface area contributed by atoms with Crippen LogP contribution in [0.25, 0.3) is 0 Å². The molecule has 4 nitrogen and oxygen atoms in total. The van der Waals surface area contributed by atoms with Gasteiger partial charge in [-0.15, -0.1) is 0 Å². The molecule has 0 spiro atoms. The third kappa shape index (κ3) is 4.36. The number of halogens is 2. The highest BCUT2D eigenvalue weighted by Crippen LogP contribution is 2.43. The first-order chi connectivity index (χ1) is 15.6. The van der Waals surface area contributed by atoms with Crippen LogP contribution in [0.2, 0.25) is 10.0 Å². The minimum atomic E-state index is -0.210. The van der Waals surface area contributed by atoms with Gasteiger partial charge in [-0.25, -0.2) is 0 Å². The van der Waals surface area contributed by atoms with Crippen molar-refractivity contribution < 1.29 is 4.42 Å². The second kappa shape index (κ2) is 9.16. The van der Waals surface area contributed by atoms with E-state index in [-0.39, 0.29) is 12.1 Å². The summed E-state index contributed by atoms with van der Waals surface area (Å²) in [6.07, 6.45) is 1.78. The number of benzene rings is 2. The average Bonchev–Trinajstić information content (AvgIpc) is 3.40. The van der Waals surface area contributed by atoms with Crippen molar-refractivity contribution in [3.63, 3.8) is 0 Å². The Morgan fingerprint density at radius 1 is 0.906 bits per heavy atom. The van der Waals surface area contributed by atoms with Crippen molar-refractivity contribution in [2.75, 3.05) is 4.90 Å². The molecule has 0 aliphatic carbocycles. The van der Waals surface area contributed by atoms with Crippen LogP contribution in [0.5, 0.6) is 0 Å². The molecule has 0 unspecified atom stereocenters. The van der Waals surface area contributed by atoms with Gasteiger partial charge in [-0.3, -0.25) is 4.98 Å². The highest BCUT2D eigenvalue weighted by Gasteiger charge is 2.42. The van der Waals surface area contributed by atoms with Crippen molar-refractivity contribution in [1.82, 2.24) is 10.3 Å². The Morgan fingerprint density at radius 3 is 2.31 bits per heavy atom. The zero-order chi connectivity index (χ0) is 22.1. The Balaban J connectivity index is 1.52. The second-order valence-electron chi connectivity index (χ2n) is 7.19. The van der Waals surface area contributed by atoms with Crippen LogP contribution in [-0.4, -0.2) is 10.1 Å². The van der Waals surface area contributed by atoms with Gasteiger partial charge in [0.15, 0.2) is 10.2 Å². The van der Waals surface area contributed by atoms with E-state index < -0.39 is 0 Å². The molecule has 8 heteroatoms. The number of hydrogen-bond donors (Lipinski definition) is 1. The molecule has 0 saturated carbocycles. The molecule has 1 fully saturated rings. The number of thiocarbonyl (C=S) groups is 1. The Bertz CT molecular complexity index is 1230. The first-order valence-electron chi connectivity index (χ1n) is 9.88. The summed E-state index contributed by atoms with van der Waals surface area (Å²) in [5.41, 5.74) is 1.82. The number of anilines is 1. The lowest BCUT2D eigenvalue weighted by atomic mass is 10.0. The monoisotopic (exact) mass is 497 g/mol. The zero-order valence-corrected chi connectivity index (χ0v) is 19.8. The molecule has 32 heavy (non-hydrogen) atoms. The van der Waals surface area contributed by atoms with Crippen molar-refractivity contribution in [2.45, 2.75) is 22.1 Å². The van der Waals surface area contributed by atoms with Crippen molar-refractivity contribution >= 4 is 58.0 Å². The van der Waals surface area contributed by atoms with Crippen molar-refractivity contribution in [2.24, 2.45) is 0 Å². The quantitative estimate of drug-likeness (QED) is 0.291. The van der Waals surface area contributed by atoms with Crippen molar-refractivity contribution in [3.05, 3.63) is 107 Å². The fourth-order valence-electron chi connectivity index (χ4n) is 3.69. The third-order valence-corrected chi connectivity index (χ3v) is 6.88. The average molecular weight is 498 g/mol. The van der Waals surface area contributed by atoms with Crippen LogP contribution in [0.15, 0.2) is 99.5 Å². The summed E-state index contributed by atoms with van der Waals surface area (Å²) >= 11 is 19.4. The van der Waals surface area contributed by atoms with E-state index in [1.165, 1.54) is 0 Å². The summed E-state index contributed by atoms with van der Waals surface area (Å²) in [7, 11) is 0. The number of rotatable bonds is 5. The van der Waals surface area contributed by atoms with Gasteiger partial charge in [0.2, 0.25) is 0 Å². The smallest absolute Gasteiger partial charge is 0.174 e. The van der Waals surface area contributed by atoms with Gasteiger partial charge in [0.05, 0.1) is 11.7 Å². The first-order valence-corrected chi connectivity index (χ1v) is 11.9. The molecule has 2 aromatic heterocycles. The van der Waals surface area contributed by atoms with E-state index in [1.54, 1.807) is 18.0 Å². The highest BCUT2D eigenvalue weighted by atomic mass is 35.5. The van der Waals surface area contributed by atoms with Gasteiger partial charge >= 0.3 is 0 Å². The minimum Gasteiger partial charge on any atom is -0.452 e. The Kier molecular flexibility index (Phi) is 6.11. The van der Waals surface area contributed by atoms with Gasteiger partial charge in [-0.1, -0.05) is 41.0 Å². The molecule has 1 aliphatic heterocycles. The van der Waals surface area contributed by atoms with Crippen molar-refractivity contribution in [1.29, 1.82) is 0 Å². The van der Waals surface area contributed by atoms with Crippen molar-refractivity contribution in [3.8, 4) is 0 Å². The Labute approximate surface area is 205 Å². The lowest BCUT2D eigenvalue weighted by Crippen LogP contribution is -2.29. The summed E-state index contributed by atoms with van der Waals surface area (Å²) in [6, 6.07) is 24.8. The van der Waals surface area contributed by atoms with Gasteiger partial charge in [-0.2, -0.15) is 0 Å². The number of hydrogen-bond acceptors (Lipinski definition) is 4. The van der Waals surface area contributed by atoms with Crippen LogP contribution >= 0.6 is 47.2 Å². The lowest BCUT2D eigenvalue weighted by molar-refractivity contribution is 0.383. The number of aromatic nitrogens is 1. The predicted molar refractivity (Wildman–Crippen MR) is 134 cm³/mol. The lowest BCUT2D eigenvalue weighted by Gasteiger charge is -2.26. The predicted octanol–water partition coefficient (Wildman–Crippen LogP) is 7.31. The largest absolute Gasteiger partial charge is 0.452 e. The summed E-state index contributed by atoms with van der Waals surface area (Å²) in [5, 5.41) is 6.20. The van der Waals surface area contributed by atoms with E-state index in [2.05, 4.69) is 15.2 Å². The maximum Gasteiger partial charge on any atom is 0.174 e. The molecular weight excluding hydrogens is 481 g/mol. The van der Waals surface area contributed by atoms with E-state index >= 15 is 0 Å². The minimum absolute atomic E-state index is 0.168. The molecule has 3 heterocycles. The fraction of sp³-hybridized carbons (Fsp3) is 0.0833. The molecule has 2 atom stereocenters. The Hall–Kier alpha value is -2.51. The SMILES string of the molecule is S=C1N[C@@H](c2ccccn2)[C@H](c2ccc(Sc3ccc(Cl)cc3)o2)N1c1ccc(Cl)cc1. The van der Waals surface area contributed by atoms with Gasteiger partial charge in [0.1, 0.15) is 11.8 Å². The summed E-state index contributed by atoms with van der Waals surface area (Å²) in [5.74, 6) is 0.791. The molecule has 0 radical (unpaired) electrons.